The zero-order valence-electron chi connectivity index (χ0n) is 11.9. The molecule has 21 heavy (non-hydrogen) atoms. The highest BCUT2D eigenvalue weighted by Gasteiger charge is 2.16. The normalized spacial score (nSPS) is 16.2. The minimum atomic E-state index is -0.840. The monoisotopic (exact) mass is 288 g/mol. The largest absolute Gasteiger partial charge is 0.399 e. The van der Waals surface area contributed by atoms with Crippen molar-refractivity contribution in [1.29, 1.82) is 0 Å². The molecule has 2 N–H and O–H groups in total. The van der Waals surface area contributed by atoms with Crippen LogP contribution in [-0.2, 0) is 6.54 Å². The predicted molar refractivity (Wildman–Crippen MR) is 80.8 cm³/mol. The molecule has 0 atom stereocenters. The van der Waals surface area contributed by atoms with Crippen LogP contribution in [0, 0.1) is 11.6 Å². The topological polar surface area (TPSA) is 29.3 Å². The third kappa shape index (κ3) is 3.40. The molecule has 1 heterocycles. The van der Waals surface area contributed by atoms with Gasteiger partial charge in [0.25, 0.3) is 0 Å². The van der Waals surface area contributed by atoms with E-state index >= 15 is 0 Å². The van der Waals surface area contributed by atoms with Crippen molar-refractivity contribution >= 4 is 0 Å². The van der Waals surface area contributed by atoms with E-state index in [4.69, 9.17) is 5.73 Å². The molecule has 110 valence electrons. The highest BCUT2D eigenvalue weighted by Crippen LogP contribution is 2.26. The molecule has 0 unspecified atom stereocenters. The molecule has 0 fully saturated rings. The standard InChI is InChI=1S/C17H18F2N2/c1-3-5-17-14(12(2)20)6-4-9-21(17)11-13-7-8-15(18)16(19)10-13/h4-10H,2-3,11,20H2,1H3/b17-5-. The molecule has 0 spiro atoms. The highest BCUT2D eigenvalue weighted by molar-refractivity contribution is 5.48. The summed E-state index contributed by atoms with van der Waals surface area (Å²) in [6.45, 7) is 6.24. The molecular weight excluding hydrogens is 270 g/mol. The van der Waals surface area contributed by atoms with Crippen LogP contribution < -0.4 is 5.73 Å². The van der Waals surface area contributed by atoms with Gasteiger partial charge in [0.1, 0.15) is 0 Å². The van der Waals surface area contributed by atoms with E-state index in [0.29, 0.717) is 17.8 Å². The Balaban J connectivity index is 2.28. The lowest BCUT2D eigenvalue weighted by Crippen LogP contribution is -2.22. The Kier molecular flexibility index (Phi) is 4.58. The number of hydrogen-bond acceptors (Lipinski definition) is 2. The molecular formula is C17H18F2N2. The maximum absolute atomic E-state index is 13.3. The Labute approximate surface area is 123 Å². The van der Waals surface area contributed by atoms with E-state index in [1.54, 1.807) is 6.07 Å². The molecule has 0 radical (unpaired) electrons. The highest BCUT2D eigenvalue weighted by atomic mass is 19.2. The van der Waals surface area contributed by atoms with Crippen molar-refractivity contribution in [3.8, 4) is 0 Å². The van der Waals surface area contributed by atoms with E-state index in [9.17, 15) is 8.78 Å². The van der Waals surface area contributed by atoms with Crippen molar-refractivity contribution in [2.45, 2.75) is 19.9 Å². The first-order valence-corrected chi connectivity index (χ1v) is 6.77. The van der Waals surface area contributed by atoms with Crippen LogP contribution in [0.3, 0.4) is 0 Å². The summed E-state index contributed by atoms with van der Waals surface area (Å²) in [7, 11) is 0. The Morgan fingerprint density at radius 3 is 2.71 bits per heavy atom. The van der Waals surface area contributed by atoms with Crippen LogP contribution in [-0.4, -0.2) is 4.90 Å². The van der Waals surface area contributed by atoms with Gasteiger partial charge in [-0.1, -0.05) is 25.6 Å². The minimum Gasteiger partial charge on any atom is -0.399 e. The molecule has 1 aliphatic heterocycles. The fourth-order valence-electron chi connectivity index (χ4n) is 2.23. The lowest BCUT2D eigenvalue weighted by molar-refractivity contribution is 0.455. The van der Waals surface area contributed by atoms with Crippen molar-refractivity contribution in [3.63, 3.8) is 0 Å². The summed E-state index contributed by atoms with van der Waals surface area (Å²) in [6.07, 6.45) is 8.51. The maximum Gasteiger partial charge on any atom is 0.159 e. The van der Waals surface area contributed by atoms with Crippen LogP contribution in [0.5, 0.6) is 0 Å². The van der Waals surface area contributed by atoms with Crippen LogP contribution >= 0.6 is 0 Å². The Morgan fingerprint density at radius 1 is 1.33 bits per heavy atom. The van der Waals surface area contributed by atoms with E-state index in [1.165, 1.54) is 6.07 Å². The SMILES string of the molecule is C=C(N)C1=CC=CN(Cc2ccc(F)c(F)c2)/C1=C\CC. The summed E-state index contributed by atoms with van der Waals surface area (Å²) in [6, 6.07) is 3.92. The molecule has 0 amide bonds. The quantitative estimate of drug-likeness (QED) is 0.907. The fourth-order valence-corrected chi connectivity index (χ4v) is 2.23. The first kappa shape index (κ1) is 15.0. The van der Waals surface area contributed by atoms with Gasteiger partial charge in [0.2, 0.25) is 0 Å². The molecule has 4 heteroatoms. The van der Waals surface area contributed by atoms with Gasteiger partial charge >= 0.3 is 0 Å². The number of allylic oxidation sites excluding steroid dienone is 3. The summed E-state index contributed by atoms with van der Waals surface area (Å²) in [5.41, 5.74) is 8.76. The molecule has 0 bridgehead atoms. The summed E-state index contributed by atoms with van der Waals surface area (Å²) in [5.74, 6) is -1.68. The maximum atomic E-state index is 13.3. The van der Waals surface area contributed by atoms with Gasteiger partial charge in [-0.05, 0) is 36.3 Å². The Hall–Kier alpha value is -2.36. The van der Waals surface area contributed by atoms with Gasteiger partial charge in [0.15, 0.2) is 11.6 Å². The van der Waals surface area contributed by atoms with Crippen LogP contribution in [0.25, 0.3) is 0 Å². The van der Waals surface area contributed by atoms with Gasteiger partial charge in [-0.2, -0.15) is 0 Å². The molecule has 1 aromatic carbocycles. The fraction of sp³-hybridized carbons (Fsp3) is 0.176. The number of rotatable bonds is 4. The molecule has 2 rings (SSSR count). The number of benzene rings is 1. The molecule has 0 aliphatic carbocycles. The molecule has 0 aromatic heterocycles. The zero-order chi connectivity index (χ0) is 15.4. The third-order valence-electron chi connectivity index (χ3n) is 3.19. The second-order valence-corrected chi connectivity index (χ2v) is 4.82. The average Bonchev–Trinajstić information content (AvgIpc) is 2.44. The number of nitrogens with zero attached hydrogens (tertiary/aromatic N) is 1. The van der Waals surface area contributed by atoms with E-state index in [0.717, 1.165) is 23.8 Å². The van der Waals surface area contributed by atoms with Crippen molar-refractivity contribution < 1.29 is 8.78 Å². The van der Waals surface area contributed by atoms with Gasteiger partial charge in [0.05, 0.1) is 0 Å². The van der Waals surface area contributed by atoms with E-state index < -0.39 is 11.6 Å². The summed E-state index contributed by atoms with van der Waals surface area (Å²) < 4.78 is 26.3. The first-order valence-electron chi connectivity index (χ1n) is 6.77. The minimum absolute atomic E-state index is 0.435. The smallest absolute Gasteiger partial charge is 0.159 e. The molecule has 2 nitrogen and oxygen atoms in total. The molecule has 1 aliphatic rings. The third-order valence-corrected chi connectivity index (χ3v) is 3.19. The lowest BCUT2D eigenvalue weighted by atomic mass is 10.0. The average molecular weight is 288 g/mol. The van der Waals surface area contributed by atoms with Gasteiger partial charge < -0.3 is 10.6 Å². The van der Waals surface area contributed by atoms with Crippen molar-refractivity contribution in [2.75, 3.05) is 0 Å². The van der Waals surface area contributed by atoms with Crippen molar-refractivity contribution in [1.82, 2.24) is 4.90 Å². The van der Waals surface area contributed by atoms with Gasteiger partial charge in [-0.25, -0.2) is 8.78 Å². The molecule has 0 saturated carbocycles. The zero-order valence-corrected chi connectivity index (χ0v) is 11.9. The number of nitrogens with two attached hydrogens (primary N) is 1. The number of hydrogen-bond donors (Lipinski definition) is 1. The van der Waals surface area contributed by atoms with Gasteiger partial charge in [-0.15, -0.1) is 0 Å². The van der Waals surface area contributed by atoms with E-state index in [2.05, 4.69) is 6.58 Å². The summed E-state index contributed by atoms with van der Waals surface area (Å²) in [5, 5.41) is 0. The predicted octanol–water partition coefficient (Wildman–Crippen LogP) is 3.99. The van der Waals surface area contributed by atoms with Crippen molar-refractivity contribution in [3.05, 3.63) is 83.4 Å². The van der Waals surface area contributed by atoms with Crippen LogP contribution in [0.15, 0.2) is 66.2 Å². The molecule has 1 aromatic rings. The van der Waals surface area contributed by atoms with Crippen LogP contribution in [0.4, 0.5) is 8.78 Å². The van der Waals surface area contributed by atoms with Crippen molar-refractivity contribution in [2.24, 2.45) is 5.73 Å². The van der Waals surface area contributed by atoms with E-state index in [-0.39, 0.29) is 0 Å². The van der Waals surface area contributed by atoms with Gasteiger partial charge in [0, 0.05) is 29.7 Å². The number of halogens is 2. The van der Waals surface area contributed by atoms with Gasteiger partial charge in [-0.3, -0.25) is 0 Å². The second-order valence-electron chi connectivity index (χ2n) is 4.82. The summed E-state index contributed by atoms with van der Waals surface area (Å²) in [4.78, 5) is 1.95. The lowest BCUT2D eigenvalue weighted by Gasteiger charge is -2.28. The Bertz CT molecular complexity index is 642. The molecule has 0 saturated heterocycles. The van der Waals surface area contributed by atoms with Crippen LogP contribution in [0.1, 0.15) is 18.9 Å². The van der Waals surface area contributed by atoms with Crippen LogP contribution in [0.2, 0.25) is 0 Å². The Morgan fingerprint density at radius 2 is 2.10 bits per heavy atom. The second kappa shape index (κ2) is 6.39. The first-order chi connectivity index (χ1) is 10.0. The summed E-state index contributed by atoms with van der Waals surface area (Å²) >= 11 is 0. The van der Waals surface area contributed by atoms with E-state index in [1.807, 2.05) is 36.3 Å².